The van der Waals surface area contributed by atoms with Gasteiger partial charge in [-0.25, -0.2) is 12.2 Å². The topological polar surface area (TPSA) is 0 Å². The molecule has 0 saturated carbocycles. The third-order valence-electron chi connectivity index (χ3n) is 6.40. The van der Waals surface area contributed by atoms with E-state index in [0.717, 1.165) is 12.8 Å². The summed E-state index contributed by atoms with van der Waals surface area (Å²) in [7, 11) is 0. The van der Waals surface area contributed by atoms with E-state index in [1.165, 1.54) is 67.1 Å². The van der Waals surface area contributed by atoms with Gasteiger partial charge in [0.05, 0.1) is 0 Å². The fraction of sp³-hybridized carbons (Fsp3) is 0.0526. The number of benzene rings is 6. The molecule has 6 aromatic rings. The molecule has 0 fully saturated rings. The van der Waals surface area contributed by atoms with E-state index in [9.17, 15) is 0 Å². The van der Waals surface area contributed by atoms with Crippen molar-refractivity contribution in [2.24, 2.45) is 0 Å². The van der Waals surface area contributed by atoms with E-state index in [1.54, 1.807) is 0 Å². The molecule has 2 radical (unpaired) electrons. The van der Waals surface area contributed by atoms with Crippen LogP contribution >= 0.6 is 24.8 Å². The van der Waals surface area contributed by atoms with Gasteiger partial charge in [-0.15, -0.1) is 71.8 Å². The number of fused-ring (bicyclic) bond motifs is 8. The number of allylic oxidation sites excluding steroid dienone is 4. The maximum atomic E-state index is 3.48. The first-order valence-electron chi connectivity index (χ1n) is 13.1. The molecule has 0 bridgehead atoms. The summed E-state index contributed by atoms with van der Waals surface area (Å²) in [6, 6.07) is 52.3. The van der Waals surface area contributed by atoms with Crippen LogP contribution in [0.3, 0.4) is 0 Å². The molecule has 6 aromatic carbocycles. The fourth-order valence-corrected chi connectivity index (χ4v) is 4.75. The zero-order valence-corrected chi connectivity index (χ0v) is 28.2. The van der Waals surface area contributed by atoms with E-state index in [-0.39, 0.29) is 24.8 Å². The van der Waals surface area contributed by atoms with Crippen molar-refractivity contribution in [3.8, 4) is 11.1 Å². The number of hydrogen-bond donors (Lipinski definition) is 0. The fourth-order valence-electron chi connectivity index (χ4n) is 4.75. The summed E-state index contributed by atoms with van der Waals surface area (Å²) in [6.45, 7) is 3.06. The standard InChI is InChI=1S/C21H13.2C6H5.C5H5.2ClH.Si.Zr/c1-2-8-15-14(7-1)13-20-18-11-4-3-9-16(18)17-10-5-6-12-19(17)21(15)20;2*1-2-4-6-5-3-1;1-2-4-5-3-1;;;;/h1-10,12H,13H2;2*1-5H;1-3H,4H2;2*1H;;/q4*-1;;;;. The van der Waals surface area contributed by atoms with Crippen LogP contribution in [-0.4, -0.2) is 6.88 Å². The monoisotopic (exact) mass is 674 g/mol. The summed E-state index contributed by atoms with van der Waals surface area (Å²) in [5, 5.41) is 5.30. The van der Waals surface area contributed by atoms with E-state index >= 15 is 0 Å². The number of rotatable bonds is 0. The van der Waals surface area contributed by atoms with Crippen LogP contribution in [0, 0.1) is 24.3 Å². The first-order valence-corrected chi connectivity index (χ1v) is 17.3. The first-order chi connectivity index (χ1) is 19.9. The Morgan fingerprint density at radius 2 is 1.19 bits per heavy atom. The second-order valence-electron chi connectivity index (χ2n) is 8.85. The number of hydrogen-bond acceptors (Lipinski definition) is 0. The summed E-state index contributed by atoms with van der Waals surface area (Å²) in [4.78, 5) is 0. The van der Waals surface area contributed by atoms with Gasteiger partial charge in [0.2, 0.25) is 0 Å². The molecule has 4 heteroatoms. The summed E-state index contributed by atoms with van der Waals surface area (Å²) in [6.07, 6.45) is 11.0. The molecule has 0 saturated heterocycles. The van der Waals surface area contributed by atoms with Crippen LogP contribution in [0.25, 0.3) is 32.7 Å². The molecule has 0 nitrogen and oxygen atoms in total. The quantitative estimate of drug-likeness (QED) is 0.0852. The Bertz CT molecular complexity index is 1590. The van der Waals surface area contributed by atoms with Gasteiger partial charge >= 0.3 is 30.2 Å². The molecule has 0 aliphatic heterocycles. The molecule has 0 amide bonds. The molecule has 2 aliphatic rings. The second kappa shape index (κ2) is 20.0. The van der Waals surface area contributed by atoms with Crippen LogP contribution in [0.5, 0.6) is 0 Å². The summed E-state index contributed by atoms with van der Waals surface area (Å²) < 4.78 is 0. The van der Waals surface area contributed by atoms with Crippen molar-refractivity contribution in [1.29, 1.82) is 0 Å². The average molecular weight is 677 g/mol. The Morgan fingerprint density at radius 1 is 0.595 bits per heavy atom. The van der Waals surface area contributed by atoms with Crippen molar-refractivity contribution in [2.75, 3.05) is 0 Å². The molecule has 42 heavy (non-hydrogen) atoms. The Kier molecular flexibility index (Phi) is 16.8. The van der Waals surface area contributed by atoms with Gasteiger partial charge in [-0.05, 0) is 28.5 Å². The SMILES string of the molecule is Cl.Cl.[C-]1=CC=CC1.[Si]=[Zr].[c-]1cccc2c1c1c(c3ccccc32)-c2ccccc2C1.[c-]1ccccc1.[c-]1ccccc1. The largest absolute Gasteiger partial charge is 0.184 e. The minimum absolute atomic E-state index is 0. The van der Waals surface area contributed by atoms with Gasteiger partial charge in [-0.1, -0.05) is 53.9 Å². The van der Waals surface area contributed by atoms with Crippen LogP contribution in [0.15, 0.2) is 146 Å². The molecule has 208 valence electrons. The molecule has 0 heterocycles. The molecular formula is C38H30Cl2SiZr-4. The Balaban J connectivity index is 0.000000241. The van der Waals surface area contributed by atoms with Crippen LogP contribution in [-0.2, 0) is 29.8 Å². The predicted octanol–water partition coefficient (Wildman–Crippen LogP) is 10.1. The van der Waals surface area contributed by atoms with E-state index in [2.05, 4.69) is 97.9 Å². The Hall–Kier alpha value is -3.00. The maximum Gasteiger partial charge on any atom is -0.0240 e. The van der Waals surface area contributed by atoms with Gasteiger partial charge in [0.1, 0.15) is 0 Å². The summed E-state index contributed by atoms with van der Waals surface area (Å²) in [5.41, 5.74) is 5.67. The molecule has 0 unspecified atom stereocenters. The molecule has 0 N–H and O–H groups in total. The molecule has 0 aromatic heterocycles. The Labute approximate surface area is 279 Å². The van der Waals surface area contributed by atoms with E-state index in [1.807, 2.05) is 78.9 Å². The van der Waals surface area contributed by atoms with Crippen molar-refractivity contribution >= 4 is 53.2 Å². The van der Waals surface area contributed by atoms with Gasteiger partial charge in [0.25, 0.3) is 0 Å². The molecule has 2 aliphatic carbocycles. The molecular weight excluding hydrogens is 647 g/mol. The van der Waals surface area contributed by atoms with Gasteiger partial charge in [0.15, 0.2) is 0 Å². The second-order valence-corrected chi connectivity index (χ2v) is 8.85. The van der Waals surface area contributed by atoms with E-state index < -0.39 is 0 Å². The smallest absolute Gasteiger partial charge is 0.0240 e. The first kappa shape index (κ1) is 35.2. The summed E-state index contributed by atoms with van der Waals surface area (Å²) >= 11 is 1.36. The van der Waals surface area contributed by atoms with Crippen LogP contribution in [0.4, 0.5) is 0 Å². The van der Waals surface area contributed by atoms with Gasteiger partial charge in [0, 0.05) is 0 Å². The van der Waals surface area contributed by atoms with Crippen LogP contribution in [0.1, 0.15) is 17.5 Å². The minimum Gasteiger partial charge on any atom is -0.184 e. The zero-order valence-electron chi connectivity index (χ0n) is 23.1. The zero-order chi connectivity index (χ0) is 27.8. The predicted molar refractivity (Wildman–Crippen MR) is 181 cm³/mol. The van der Waals surface area contributed by atoms with Crippen molar-refractivity contribution < 1.29 is 23.3 Å². The third kappa shape index (κ3) is 9.51. The minimum atomic E-state index is 0. The van der Waals surface area contributed by atoms with Gasteiger partial charge in [-0.3, -0.25) is 6.08 Å². The van der Waals surface area contributed by atoms with E-state index in [4.69, 9.17) is 0 Å². The van der Waals surface area contributed by atoms with Crippen molar-refractivity contribution in [2.45, 2.75) is 12.8 Å². The van der Waals surface area contributed by atoms with E-state index in [0.29, 0.717) is 0 Å². The molecule has 0 atom stereocenters. The third-order valence-corrected chi connectivity index (χ3v) is 6.40. The molecule has 8 rings (SSSR count). The van der Waals surface area contributed by atoms with Crippen LogP contribution < -0.4 is 0 Å². The van der Waals surface area contributed by atoms with Crippen molar-refractivity contribution in [1.82, 2.24) is 0 Å². The number of halogens is 2. The van der Waals surface area contributed by atoms with Gasteiger partial charge < -0.3 is 0 Å². The van der Waals surface area contributed by atoms with Gasteiger partial charge in [-0.2, -0.15) is 78.9 Å². The average Bonchev–Trinajstić information content (AvgIpc) is 3.77. The summed E-state index contributed by atoms with van der Waals surface area (Å²) in [5.74, 6) is 0. The Morgan fingerprint density at radius 3 is 1.71 bits per heavy atom. The van der Waals surface area contributed by atoms with Crippen molar-refractivity contribution in [3.63, 3.8) is 0 Å². The normalized spacial score (nSPS) is 10.7. The van der Waals surface area contributed by atoms with Crippen LogP contribution in [0.2, 0.25) is 0 Å². The van der Waals surface area contributed by atoms with Crippen molar-refractivity contribution in [3.05, 3.63) is 181 Å². The molecule has 0 spiro atoms. The maximum absolute atomic E-state index is 3.48.